The summed E-state index contributed by atoms with van der Waals surface area (Å²) in [7, 11) is 0. The first-order valence-electron chi connectivity index (χ1n) is 6.69. The molecule has 7 heteroatoms. The highest BCUT2D eigenvalue weighted by atomic mass is 32.2. The molecule has 2 heterocycles. The molecule has 0 atom stereocenters. The molecule has 2 amide bonds. The highest BCUT2D eigenvalue weighted by molar-refractivity contribution is 8.18. The molecule has 1 fully saturated rings. The van der Waals surface area contributed by atoms with Crippen LogP contribution in [0.3, 0.4) is 0 Å². The maximum atomic E-state index is 12.3. The lowest BCUT2D eigenvalue weighted by Gasteiger charge is -2.21. The van der Waals surface area contributed by atoms with Crippen LogP contribution >= 0.6 is 23.1 Å². The summed E-state index contributed by atoms with van der Waals surface area (Å²) in [5, 5.41) is 1.47. The van der Waals surface area contributed by atoms with Crippen molar-refractivity contribution in [3.63, 3.8) is 0 Å². The minimum atomic E-state index is -0.650. The van der Waals surface area contributed by atoms with Gasteiger partial charge in [0, 0.05) is 4.88 Å². The molecule has 1 aliphatic heterocycles. The van der Waals surface area contributed by atoms with Crippen molar-refractivity contribution < 1.29 is 19.1 Å². The highest BCUT2D eigenvalue weighted by Crippen LogP contribution is 2.33. The maximum absolute atomic E-state index is 12.3. The van der Waals surface area contributed by atoms with E-state index in [-0.39, 0.29) is 6.54 Å². The number of nitrogens with zero attached hydrogens (tertiary/aromatic N) is 1. The van der Waals surface area contributed by atoms with Crippen LogP contribution in [-0.2, 0) is 14.3 Å². The Morgan fingerprint density at radius 1 is 1.36 bits per heavy atom. The van der Waals surface area contributed by atoms with Crippen molar-refractivity contribution in [3.8, 4) is 0 Å². The Bertz CT molecular complexity index is 655. The van der Waals surface area contributed by atoms with Gasteiger partial charge in [0.15, 0.2) is 0 Å². The van der Waals surface area contributed by atoms with Crippen LogP contribution in [0.2, 0.25) is 0 Å². The number of amides is 2. The molecule has 0 saturated carbocycles. The van der Waals surface area contributed by atoms with E-state index < -0.39 is 22.7 Å². The Morgan fingerprint density at radius 3 is 2.59 bits per heavy atom. The quantitative estimate of drug-likeness (QED) is 0.623. The van der Waals surface area contributed by atoms with Crippen LogP contribution in [0.4, 0.5) is 4.79 Å². The molecule has 0 aliphatic carbocycles. The SMILES string of the molecule is Cc1ccsc1/C=C1\SC(=O)N(CC(=O)OC(C)(C)C)C1=O. The van der Waals surface area contributed by atoms with E-state index in [0.29, 0.717) is 4.91 Å². The van der Waals surface area contributed by atoms with Gasteiger partial charge in [-0.3, -0.25) is 19.3 Å². The molecule has 5 nitrogen and oxygen atoms in total. The van der Waals surface area contributed by atoms with Gasteiger partial charge in [-0.1, -0.05) is 0 Å². The summed E-state index contributed by atoms with van der Waals surface area (Å²) in [6.07, 6.45) is 1.69. The summed E-state index contributed by atoms with van der Waals surface area (Å²) in [5.41, 5.74) is 0.395. The third kappa shape index (κ3) is 3.98. The number of ether oxygens (including phenoxy) is 1. The second-order valence-electron chi connectivity index (χ2n) is 5.82. The lowest BCUT2D eigenvalue weighted by molar-refractivity contribution is -0.156. The lowest BCUT2D eigenvalue weighted by Crippen LogP contribution is -2.37. The number of hydrogen-bond acceptors (Lipinski definition) is 6. The molecule has 0 N–H and O–H groups in total. The van der Waals surface area contributed by atoms with Crippen molar-refractivity contribution in [2.75, 3.05) is 6.54 Å². The number of esters is 1. The molecule has 1 aromatic heterocycles. The fourth-order valence-electron chi connectivity index (χ4n) is 1.79. The van der Waals surface area contributed by atoms with Crippen molar-refractivity contribution in [3.05, 3.63) is 26.8 Å². The molecule has 1 saturated heterocycles. The van der Waals surface area contributed by atoms with Gasteiger partial charge in [0.2, 0.25) is 0 Å². The first kappa shape index (κ1) is 16.8. The fraction of sp³-hybridized carbons (Fsp3) is 0.400. The molecule has 1 aliphatic rings. The second-order valence-corrected chi connectivity index (χ2v) is 7.76. The van der Waals surface area contributed by atoms with Gasteiger partial charge in [-0.15, -0.1) is 11.3 Å². The van der Waals surface area contributed by atoms with Crippen molar-refractivity contribution in [2.24, 2.45) is 0 Å². The van der Waals surface area contributed by atoms with Crippen LogP contribution in [0.15, 0.2) is 16.4 Å². The lowest BCUT2D eigenvalue weighted by atomic mass is 10.2. The second kappa shape index (κ2) is 6.26. The minimum Gasteiger partial charge on any atom is -0.459 e. The number of thiophene rings is 1. The molecule has 22 heavy (non-hydrogen) atoms. The standard InChI is InChI=1S/C15H17NO4S2/c1-9-5-6-21-10(9)7-11-13(18)16(14(19)22-11)8-12(17)20-15(2,3)4/h5-7H,8H2,1-4H3/b11-7-. The van der Waals surface area contributed by atoms with Crippen LogP contribution in [0.25, 0.3) is 6.08 Å². The normalized spacial score (nSPS) is 17.5. The third-order valence-electron chi connectivity index (χ3n) is 2.74. The minimum absolute atomic E-state index is 0.333. The van der Waals surface area contributed by atoms with E-state index >= 15 is 0 Å². The van der Waals surface area contributed by atoms with E-state index in [2.05, 4.69) is 0 Å². The van der Waals surface area contributed by atoms with Crippen molar-refractivity contribution >= 4 is 46.3 Å². The number of imide groups is 1. The average molecular weight is 339 g/mol. The number of aryl methyl sites for hydroxylation is 1. The van der Waals surface area contributed by atoms with Crippen LogP contribution in [0, 0.1) is 6.92 Å². The first-order valence-corrected chi connectivity index (χ1v) is 8.38. The van der Waals surface area contributed by atoms with Crippen LogP contribution in [-0.4, -0.2) is 34.2 Å². The van der Waals surface area contributed by atoms with Crippen molar-refractivity contribution in [1.29, 1.82) is 0 Å². The number of hydrogen-bond donors (Lipinski definition) is 0. The summed E-state index contributed by atoms with van der Waals surface area (Å²) < 4.78 is 5.14. The predicted octanol–water partition coefficient (Wildman–Crippen LogP) is 3.43. The van der Waals surface area contributed by atoms with E-state index in [1.807, 2.05) is 18.4 Å². The van der Waals surface area contributed by atoms with Gasteiger partial charge in [0.05, 0.1) is 4.91 Å². The molecule has 1 aromatic rings. The van der Waals surface area contributed by atoms with Gasteiger partial charge in [0.1, 0.15) is 12.1 Å². The third-order valence-corrected chi connectivity index (χ3v) is 4.62. The van der Waals surface area contributed by atoms with Crippen LogP contribution in [0.1, 0.15) is 31.2 Å². The van der Waals surface area contributed by atoms with E-state index in [1.54, 1.807) is 26.8 Å². The Kier molecular flexibility index (Phi) is 4.77. The topological polar surface area (TPSA) is 63.7 Å². The van der Waals surface area contributed by atoms with Gasteiger partial charge < -0.3 is 4.74 Å². The largest absolute Gasteiger partial charge is 0.459 e. The molecule has 0 bridgehead atoms. The van der Waals surface area contributed by atoms with Crippen LogP contribution < -0.4 is 0 Å². The molecule has 0 unspecified atom stereocenters. The molecule has 0 spiro atoms. The number of rotatable bonds is 3. The van der Waals surface area contributed by atoms with Gasteiger partial charge in [0.25, 0.3) is 11.1 Å². The van der Waals surface area contributed by atoms with E-state index in [0.717, 1.165) is 27.1 Å². The van der Waals surface area contributed by atoms with E-state index in [9.17, 15) is 14.4 Å². The van der Waals surface area contributed by atoms with Crippen LogP contribution in [0.5, 0.6) is 0 Å². The van der Waals surface area contributed by atoms with Gasteiger partial charge in [-0.2, -0.15) is 0 Å². The monoisotopic (exact) mass is 339 g/mol. The Balaban J connectivity index is 2.11. The maximum Gasteiger partial charge on any atom is 0.326 e. The molecular formula is C15H17NO4S2. The summed E-state index contributed by atoms with van der Waals surface area (Å²) >= 11 is 2.35. The Morgan fingerprint density at radius 2 is 2.05 bits per heavy atom. The van der Waals surface area contributed by atoms with E-state index in [1.165, 1.54) is 11.3 Å². The molecular weight excluding hydrogens is 322 g/mol. The molecule has 0 radical (unpaired) electrons. The predicted molar refractivity (Wildman–Crippen MR) is 87.6 cm³/mol. The molecule has 2 rings (SSSR count). The van der Waals surface area contributed by atoms with E-state index in [4.69, 9.17) is 4.74 Å². The number of carbonyl (C=O) groups excluding carboxylic acids is 3. The Labute approximate surface area is 137 Å². The summed E-state index contributed by atoms with van der Waals surface area (Å²) in [4.78, 5) is 38.2. The van der Waals surface area contributed by atoms with Gasteiger partial charge >= 0.3 is 5.97 Å². The smallest absolute Gasteiger partial charge is 0.326 e. The van der Waals surface area contributed by atoms with Gasteiger partial charge in [-0.25, -0.2) is 0 Å². The average Bonchev–Trinajstić information content (AvgIpc) is 2.87. The van der Waals surface area contributed by atoms with Crippen molar-refractivity contribution in [1.82, 2.24) is 4.90 Å². The van der Waals surface area contributed by atoms with Crippen molar-refractivity contribution in [2.45, 2.75) is 33.3 Å². The van der Waals surface area contributed by atoms with Gasteiger partial charge in [-0.05, 0) is 62.5 Å². The number of carbonyl (C=O) groups is 3. The summed E-state index contributed by atoms with van der Waals surface area (Å²) in [6, 6.07) is 1.95. The Hall–Kier alpha value is -1.60. The summed E-state index contributed by atoms with van der Waals surface area (Å²) in [5.74, 6) is -1.04. The zero-order valence-corrected chi connectivity index (χ0v) is 14.5. The fourth-order valence-corrected chi connectivity index (χ4v) is 3.54. The first-order chi connectivity index (χ1) is 10.2. The molecule has 118 valence electrons. The zero-order chi connectivity index (χ0) is 16.5. The summed E-state index contributed by atoms with van der Waals surface area (Å²) in [6.45, 7) is 6.78. The zero-order valence-electron chi connectivity index (χ0n) is 12.8. The molecule has 0 aromatic carbocycles. The highest BCUT2D eigenvalue weighted by Gasteiger charge is 2.37. The number of thioether (sulfide) groups is 1.